The van der Waals surface area contributed by atoms with E-state index in [1.165, 1.54) is 5.57 Å². The first-order chi connectivity index (χ1) is 9.43. The molecule has 0 aliphatic heterocycles. The van der Waals surface area contributed by atoms with Gasteiger partial charge in [0.15, 0.2) is 0 Å². The van der Waals surface area contributed by atoms with Gasteiger partial charge in [0, 0.05) is 5.41 Å². The van der Waals surface area contributed by atoms with Gasteiger partial charge in [-0.1, -0.05) is 36.2 Å². The summed E-state index contributed by atoms with van der Waals surface area (Å²) in [6.45, 7) is 2.17. The summed E-state index contributed by atoms with van der Waals surface area (Å²) >= 11 is 12.3. The summed E-state index contributed by atoms with van der Waals surface area (Å²) in [6, 6.07) is 3.41. The molecule has 4 heteroatoms. The third-order valence-corrected chi connectivity index (χ3v) is 6.02. The van der Waals surface area contributed by atoms with E-state index in [0.717, 1.165) is 31.2 Å². The summed E-state index contributed by atoms with van der Waals surface area (Å²) < 4.78 is 0. The van der Waals surface area contributed by atoms with E-state index in [0.29, 0.717) is 10.9 Å². The largest absolute Gasteiger partial charge is 0.506 e. The summed E-state index contributed by atoms with van der Waals surface area (Å²) in [5, 5.41) is 20.4. The number of fused-ring (bicyclic) bond motifs is 1. The zero-order valence-corrected chi connectivity index (χ0v) is 12.9. The molecule has 2 aliphatic carbocycles. The molecule has 3 atom stereocenters. The van der Waals surface area contributed by atoms with Gasteiger partial charge in [-0.05, 0) is 54.9 Å². The molecule has 2 nitrogen and oxygen atoms in total. The number of phenolic OH excluding ortho intramolecular Hbond substituents is 1. The summed E-state index contributed by atoms with van der Waals surface area (Å²) in [7, 11) is 0. The molecule has 0 heterocycles. The van der Waals surface area contributed by atoms with Crippen molar-refractivity contribution in [3.05, 3.63) is 33.8 Å². The van der Waals surface area contributed by atoms with Gasteiger partial charge >= 0.3 is 0 Å². The predicted octanol–water partition coefficient (Wildman–Crippen LogP) is 4.65. The van der Waals surface area contributed by atoms with Crippen LogP contribution >= 0.6 is 23.2 Å². The van der Waals surface area contributed by atoms with Crippen LogP contribution in [0.3, 0.4) is 0 Å². The van der Waals surface area contributed by atoms with Gasteiger partial charge in [0.1, 0.15) is 10.8 Å². The van der Waals surface area contributed by atoms with E-state index in [9.17, 15) is 10.2 Å². The van der Waals surface area contributed by atoms with Gasteiger partial charge in [0.25, 0.3) is 0 Å². The van der Waals surface area contributed by atoms with Crippen LogP contribution in [-0.2, 0) is 0 Å². The maximum atomic E-state index is 10.2. The summed E-state index contributed by atoms with van der Waals surface area (Å²) in [6.07, 6.45) is 5.67. The van der Waals surface area contributed by atoms with Crippen LogP contribution in [0, 0.1) is 11.3 Å². The van der Waals surface area contributed by atoms with E-state index in [2.05, 4.69) is 13.0 Å². The number of benzene rings is 1. The fourth-order valence-electron chi connectivity index (χ4n) is 3.63. The quantitative estimate of drug-likeness (QED) is 0.792. The molecule has 2 N–H and O–H groups in total. The van der Waals surface area contributed by atoms with Crippen LogP contribution in [0.5, 0.6) is 5.75 Å². The number of hydrogen-bond donors (Lipinski definition) is 2. The lowest BCUT2D eigenvalue weighted by Crippen LogP contribution is -2.34. The third-order valence-electron chi connectivity index (χ3n) is 5.14. The number of aliphatic hydroxyl groups is 1. The monoisotopic (exact) mass is 312 g/mol. The minimum Gasteiger partial charge on any atom is -0.506 e. The molecule has 0 saturated heterocycles. The normalized spacial score (nSPS) is 32.9. The Morgan fingerprint density at radius 2 is 1.95 bits per heavy atom. The Morgan fingerprint density at radius 1 is 1.20 bits per heavy atom. The van der Waals surface area contributed by atoms with E-state index in [1.807, 2.05) is 6.07 Å². The molecule has 20 heavy (non-hydrogen) atoms. The molecular formula is C16H18Cl2O2. The summed E-state index contributed by atoms with van der Waals surface area (Å²) in [4.78, 5) is 0. The van der Waals surface area contributed by atoms with Gasteiger partial charge in [-0.2, -0.15) is 0 Å². The van der Waals surface area contributed by atoms with Crippen LogP contribution in [0.2, 0.25) is 10.0 Å². The lowest BCUT2D eigenvalue weighted by molar-refractivity contribution is 0.0400. The van der Waals surface area contributed by atoms with Gasteiger partial charge in [0.2, 0.25) is 0 Å². The van der Waals surface area contributed by atoms with Crippen LogP contribution in [0.15, 0.2) is 18.2 Å². The van der Waals surface area contributed by atoms with Crippen LogP contribution in [0.4, 0.5) is 0 Å². The summed E-state index contributed by atoms with van der Waals surface area (Å²) in [5.41, 5.74) is 2.07. The van der Waals surface area contributed by atoms with E-state index >= 15 is 0 Å². The molecule has 1 aromatic rings. The van der Waals surface area contributed by atoms with Crippen molar-refractivity contribution in [1.82, 2.24) is 0 Å². The SMILES string of the molecule is C[C@]12CC=C(c3ccc(O)c(Cl)c3Cl)C[C@H]1CC[C@@H]2O. The number of aliphatic hydroxyl groups excluding tert-OH is 1. The summed E-state index contributed by atoms with van der Waals surface area (Å²) in [5.74, 6) is 0.499. The highest BCUT2D eigenvalue weighted by atomic mass is 35.5. The zero-order chi connectivity index (χ0) is 14.5. The van der Waals surface area contributed by atoms with Gasteiger partial charge in [-0.3, -0.25) is 0 Å². The molecule has 0 aromatic heterocycles. The van der Waals surface area contributed by atoms with Crippen molar-refractivity contribution in [2.75, 3.05) is 0 Å². The zero-order valence-electron chi connectivity index (χ0n) is 11.4. The molecule has 1 fully saturated rings. The van der Waals surface area contributed by atoms with Crippen LogP contribution in [0.1, 0.15) is 38.2 Å². The number of phenols is 1. The first-order valence-electron chi connectivity index (χ1n) is 6.98. The van der Waals surface area contributed by atoms with Gasteiger partial charge in [-0.15, -0.1) is 0 Å². The molecule has 3 rings (SSSR count). The topological polar surface area (TPSA) is 40.5 Å². The van der Waals surface area contributed by atoms with Crippen molar-refractivity contribution in [3.8, 4) is 5.75 Å². The number of hydrogen-bond acceptors (Lipinski definition) is 2. The van der Waals surface area contributed by atoms with Crippen molar-refractivity contribution in [2.24, 2.45) is 11.3 Å². The van der Waals surface area contributed by atoms with E-state index in [1.54, 1.807) is 6.07 Å². The van der Waals surface area contributed by atoms with E-state index < -0.39 is 0 Å². The third kappa shape index (κ3) is 2.05. The highest BCUT2D eigenvalue weighted by Crippen LogP contribution is 2.54. The molecule has 2 aliphatic rings. The highest BCUT2D eigenvalue weighted by Gasteiger charge is 2.47. The second-order valence-corrected chi connectivity index (χ2v) is 6.95. The average Bonchev–Trinajstić information content (AvgIpc) is 2.72. The van der Waals surface area contributed by atoms with Crippen molar-refractivity contribution >= 4 is 28.8 Å². The molecule has 0 radical (unpaired) electrons. The van der Waals surface area contributed by atoms with Gasteiger partial charge in [0.05, 0.1) is 11.1 Å². The van der Waals surface area contributed by atoms with Crippen LogP contribution in [-0.4, -0.2) is 16.3 Å². The first kappa shape index (κ1) is 14.2. The van der Waals surface area contributed by atoms with Crippen molar-refractivity contribution < 1.29 is 10.2 Å². The van der Waals surface area contributed by atoms with Crippen molar-refractivity contribution in [3.63, 3.8) is 0 Å². The second kappa shape index (κ2) is 4.94. The Hall–Kier alpha value is -0.700. The predicted molar refractivity (Wildman–Crippen MR) is 82.2 cm³/mol. The Kier molecular flexibility index (Phi) is 3.52. The van der Waals surface area contributed by atoms with E-state index in [4.69, 9.17) is 23.2 Å². The molecule has 1 aromatic carbocycles. The van der Waals surface area contributed by atoms with Gasteiger partial charge in [-0.25, -0.2) is 0 Å². The lowest BCUT2D eigenvalue weighted by atomic mass is 9.68. The highest BCUT2D eigenvalue weighted by molar-refractivity contribution is 6.44. The van der Waals surface area contributed by atoms with Crippen LogP contribution in [0.25, 0.3) is 5.57 Å². The number of halogens is 2. The fraction of sp³-hybridized carbons (Fsp3) is 0.500. The Labute approximate surface area is 129 Å². The number of aromatic hydroxyl groups is 1. The maximum absolute atomic E-state index is 10.2. The molecule has 108 valence electrons. The molecule has 0 unspecified atom stereocenters. The maximum Gasteiger partial charge on any atom is 0.135 e. The van der Waals surface area contributed by atoms with Crippen LogP contribution < -0.4 is 0 Å². The Morgan fingerprint density at radius 3 is 2.70 bits per heavy atom. The first-order valence-corrected chi connectivity index (χ1v) is 7.73. The minimum atomic E-state index is -0.204. The number of rotatable bonds is 1. The Bertz CT molecular complexity index is 582. The van der Waals surface area contributed by atoms with Gasteiger partial charge < -0.3 is 10.2 Å². The molecule has 1 saturated carbocycles. The average molecular weight is 313 g/mol. The Balaban J connectivity index is 1.96. The second-order valence-electron chi connectivity index (χ2n) is 6.19. The van der Waals surface area contributed by atoms with E-state index in [-0.39, 0.29) is 22.3 Å². The molecular weight excluding hydrogens is 295 g/mol. The molecule has 0 spiro atoms. The number of allylic oxidation sites excluding steroid dienone is 2. The lowest BCUT2D eigenvalue weighted by Gasteiger charge is -2.38. The molecule has 0 bridgehead atoms. The smallest absolute Gasteiger partial charge is 0.135 e. The minimum absolute atomic E-state index is 0.00328. The standard InChI is InChI=1S/C16H18Cl2O2/c1-16-7-6-9(8-10(16)2-5-13(16)20)11-3-4-12(19)15(18)14(11)17/h3-4,6,10,13,19-20H,2,5,7-8H2,1H3/t10-,13+,16+/m1/s1. The van der Waals surface area contributed by atoms with Crippen molar-refractivity contribution in [2.45, 2.75) is 38.7 Å². The van der Waals surface area contributed by atoms with Crippen molar-refractivity contribution in [1.29, 1.82) is 0 Å². The fourth-order valence-corrected chi connectivity index (χ4v) is 4.07. The molecule has 0 amide bonds.